The molecule has 33 heavy (non-hydrogen) atoms. The van der Waals surface area contributed by atoms with E-state index in [0.29, 0.717) is 5.56 Å². The molecule has 0 atom stereocenters. The zero-order chi connectivity index (χ0) is 22.5. The summed E-state index contributed by atoms with van der Waals surface area (Å²) in [4.78, 5) is 13.5. The van der Waals surface area contributed by atoms with Crippen LogP contribution in [0.5, 0.6) is 0 Å². The van der Waals surface area contributed by atoms with Gasteiger partial charge in [0.25, 0.3) is 0 Å². The Bertz CT molecular complexity index is 1280. The van der Waals surface area contributed by atoms with Gasteiger partial charge in [0.15, 0.2) is 0 Å². The van der Waals surface area contributed by atoms with Crippen molar-refractivity contribution < 1.29 is 4.79 Å². The van der Waals surface area contributed by atoms with Gasteiger partial charge in [0.1, 0.15) is 6.29 Å². The van der Waals surface area contributed by atoms with Gasteiger partial charge in [0, 0.05) is 22.6 Å². The highest BCUT2D eigenvalue weighted by molar-refractivity contribution is 5.79. The molecule has 0 unspecified atom stereocenters. The molecule has 2 heteroatoms. The highest BCUT2D eigenvalue weighted by atomic mass is 16.1. The Labute approximate surface area is 195 Å². The summed E-state index contributed by atoms with van der Waals surface area (Å²) in [6.07, 6.45) is 7.28. The minimum Gasteiger partial charge on any atom is -0.314 e. The lowest BCUT2D eigenvalue weighted by Gasteiger charge is -2.30. The first-order valence-electron chi connectivity index (χ1n) is 11.3. The number of hydrogen-bond donors (Lipinski definition) is 0. The highest BCUT2D eigenvalue weighted by Crippen LogP contribution is 2.37. The Kier molecular flexibility index (Phi) is 5.99. The highest BCUT2D eigenvalue weighted by Gasteiger charge is 2.18. The molecule has 0 fully saturated rings. The fourth-order valence-electron chi connectivity index (χ4n) is 4.32. The number of carbonyl (C=O) groups is 1. The maximum absolute atomic E-state index is 11.2. The summed E-state index contributed by atoms with van der Waals surface area (Å²) in [5, 5.41) is 0. The van der Waals surface area contributed by atoms with Crippen LogP contribution in [0.1, 0.15) is 28.8 Å². The Hall–Kier alpha value is -4.17. The molecule has 0 N–H and O–H groups in total. The maximum atomic E-state index is 11.2. The second-order valence-corrected chi connectivity index (χ2v) is 8.17. The van der Waals surface area contributed by atoms with Crippen LogP contribution < -0.4 is 4.90 Å². The molecule has 0 aliphatic heterocycles. The molecule has 5 rings (SSSR count). The van der Waals surface area contributed by atoms with E-state index < -0.39 is 0 Å². The molecule has 0 saturated heterocycles. The average Bonchev–Trinajstić information content (AvgIpc) is 2.91. The van der Waals surface area contributed by atoms with Gasteiger partial charge >= 0.3 is 0 Å². The summed E-state index contributed by atoms with van der Waals surface area (Å²) in [7, 11) is 0. The van der Waals surface area contributed by atoms with Crippen molar-refractivity contribution in [1.82, 2.24) is 0 Å². The van der Waals surface area contributed by atoms with Gasteiger partial charge in [0.05, 0.1) is 0 Å². The Balaban J connectivity index is 1.52. The third-order valence-corrected chi connectivity index (χ3v) is 6.08. The zero-order valence-corrected chi connectivity index (χ0v) is 18.4. The van der Waals surface area contributed by atoms with Gasteiger partial charge in [-0.2, -0.15) is 0 Å². The second-order valence-electron chi connectivity index (χ2n) is 8.17. The standard InChI is InChI=1S/C31H25NO/c33-23-24-11-17-29(18-12-24)32(30-19-13-27(14-20-30)25-7-3-1-4-8-25)31-21-15-28(16-22-31)26-9-5-2-6-10-26/h1-15,17-21,23H,16,22H2. The van der Waals surface area contributed by atoms with E-state index in [-0.39, 0.29) is 0 Å². The second kappa shape index (κ2) is 9.54. The van der Waals surface area contributed by atoms with E-state index in [9.17, 15) is 4.79 Å². The number of aldehydes is 1. The molecule has 4 aromatic rings. The number of allylic oxidation sites excluding steroid dienone is 4. The predicted molar refractivity (Wildman–Crippen MR) is 138 cm³/mol. The molecule has 2 nitrogen and oxygen atoms in total. The van der Waals surface area contributed by atoms with Crippen LogP contribution in [0.25, 0.3) is 16.7 Å². The van der Waals surface area contributed by atoms with Crippen molar-refractivity contribution in [3.63, 3.8) is 0 Å². The first-order chi connectivity index (χ1) is 16.3. The smallest absolute Gasteiger partial charge is 0.150 e. The fraction of sp³-hybridized carbons (Fsp3) is 0.0645. The molecule has 4 aromatic carbocycles. The quantitative estimate of drug-likeness (QED) is 0.290. The molecule has 0 radical (unpaired) electrons. The van der Waals surface area contributed by atoms with Gasteiger partial charge in [-0.15, -0.1) is 0 Å². The topological polar surface area (TPSA) is 20.3 Å². The summed E-state index contributed by atoms with van der Waals surface area (Å²) < 4.78 is 0. The van der Waals surface area contributed by atoms with Gasteiger partial charge in [0.2, 0.25) is 0 Å². The van der Waals surface area contributed by atoms with Crippen LogP contribution in [0.4, 0.5) is 11.4 Å². The molecule has 0 bridgehead atoms. The van der Waals surface area contributed by atoms with E-state index in [1.54, 1.807) is 0 Å². The lowest BCUT2D eigenvalue weighted by Crippen LogP contribution is -2.17. The Morgan fingerprint density at radius 1 is 0.545 bits per heavy atom. The van der Waals surface area contributed by atoms with Crippen molar-refractivity contribution in [1.29, 1.82) is 0 Å². The summed E-state index contributed by atoms with van der Waals surface area (Å²) in [6.45, 7) is 0. The van der Waals surface area contributed by atoms with E-state index >= 15 is 0 Å². The number of rotatable bonds is 6. The van der Waals surface area contributed by atoms with Crippen LogP contribution in [-0.2, 0) is 0 Å². The molecular formula is C31H25NO. The molecule has 0 heterocycles. The third kappa shape index (κ3) is 4.56. The number of anilines is 2. The average molecular weight is 428 g/mol. The van der Waals surface area contributed by atoms with Crippen molar-refractivity contribution >= 4 is 23.2 Å². The van der Waals surface area contributed by atoms with E-state index in [1.165, 1.54) is 28.0 Å². The molecule has 0 aromatic heterocycles. The summed E-state index contributed by atoms with van der Waals surface area (Å²) in [6, 6.07) is 37.5. The van der Waals surface area contributed by atoms with E-state index in [0.717, 1.165) is 30.5 Å². The van der Waals surface area contributed by atoms with Crippen molar-refractivity contribution in [3.8, 4) is 11.1 Å². The van der Waals surface area contributed by atoms with Gasteiger partial charge in [-0.05, 0) is 77.6 Å². The molecule has 0 amide bonds. The normalized spacial score (nSPS) is 13.1. The van der Waals surface area contributed by atoms with Crippen LogP contribution in [0, 0.1) is 0 Å². The summed E-state index contributed by atoms with van der Waals surface area (Å²) in [5.74, 6) is 0. The molecule has 0 spiro atoms. The zero-order valence-electron chi connectivity index (χ0n) is 18.4. The third-order valence-electron chi connectivity index (χ3n) is 6.08. The van der Waals surface area contributed by atoms with Crippen LogP contribution in [-0.4, -0.2) is 6.29 Å². The number of carbonyl (C=O) groups excluding carboxylic acids is 1. The molecule has 1 aliphatic carbocycles. The summed E-state index contributed by atoms with van der Waals surface area (Å²) in [5.41, 5.74) is 9.12. The first-order valence-corrected chi connectivity index (χ1v) is 11.3. The van der Waals surface area contributed by atoms with E-state index in [4.69, 9.17) is 0 Å². The van der Waals surface area contributed by atoms with Crippen LogP contribution >= 0.6 is 0 Å². The van der Waals surface area contributed by atoms with Crippen molar-refractivity contribution in [3.05, 3.63) is 138 Å². The van der Waals surface area contributed by atoms with Crippen molar-refractivity contribution in [2.45, 2.75) is 12.8 Å². The van der Waals surface area contributed by atoms with Crippen LogP contribution in [0.3, 0.4) is 0 Å². The number of hydrogen-bond acceptors (Lipinski definition) is 2. The lowest BCUT2D eigenvalue weighted by atomic mass is 9.95. The maximum Gasteiger partial charge on any atom is 0.150 e. The minimum atomic E-state index is 0.682. The molecule has 1 aliphatic rings. The lowest BCUT2D eigenvalue weighted by molar-refractivity contribution is 0.112. The SMILES string of the molecule is O=Cc1ccc(N(C2=CC=C(c3ccccc3)CC2)c2ccc(-c3ccccc3)cc2)cc1. The monoisotopic (exact) mass is 427 g/mol. The number of benzene rings is 4. The Morgan fingerprint density at radius 2 is 1.09 bits per heavy atom. The van der Waals surface area contributed by atoms with Crippen LogP contribution in [0.2, 0.25) is 0 Å². The predicted octanol–water partition coefficient (Wildman–Crippen LogP) is 8.07. The molecule has 0 saturated carbocycles. The van der Waals surface area contributed by atoms with Crippen molar-refractivity contribution in [2.75, 3.05) is 4.90 Å². The van der Waals surface area contributed by atoms with E-state index in [2.05, 4.69) is 95.9 Å². The van der Waals surface area contributed by atoms with E-state index in [1.807, 2.05) is 30.3 Å². The van der Waals surface area contributed by atoms with Crippen LogP contribution in [0.15, 0.2) is 127 Å². The van der Waals surface area contributed by atoms with Gasteiger partial charge in [-0.3, -0.25) is 4.79 Å². The van der Waals surface area contributed by atoms with Gasteiger partial charge < -0.3 is 4.90 Å². The van der Waals surface area contributed by atoms with Gasteiger partial charge in [-0.25, -0.2) is 0 Å². The number of nitrogens with zero attached hydrogens (tertiary/aromatic N) is 1. The molecule has 160 valence electrons. The Morgan fingerprint density at radius 3 is 1.64 bits per heavy atom. The molecular weight excluding hydrogens is 402 g/mol. The fourth-order valence-corrected chi connectivity index (χ4v) is 4.32. The summed E-state index contributed by atoms with van der Waals surface area (Å²) >= 11 is 0. The minimum absolute atomic E-state index is 0.682. The van der Waals surface area contributed by atoms with Gasteiger partial charge in [-0.1, -0.05) is 78.9 Å². The largest absolute Gasteiger partial charge is 0.314 e. The first kappa shape index (κ1) is 20.7. The van der Waals surface area contributed by atoms with Crippen molar-refractivity contribution in [2.24, 2.45) is 0 Å².